The molecule has 3 aromatic carbocycles. The van der Waals surface area contributed by atoms with Crippen LogP contribution < -0.4 is 4.90 Å². The van der Waals surface area contributed by atoms with Crippen molar-refractivity contribution in [1.82, 2.24) is 4.90 Å². The zero-order valence-corrected chi connectivity index (χ0v) is 19.3. The molecule has 4 rings (SSSR count). The molecule has 1 aliphatic rings. The fourth-order valence-corrected chi connectivity index (χ4v) is 4.42. The van der Waals surface area contributed by atoms with Crippen LogP contribution in [0.15, 0.2) is 109 Å². The van der Waals surface area contributed by atoms with Crippen LogP contribution in [0.4, 0.5) is 5.69 Å². The molecule has 0 atom stereocenters. The van der Waals surface area contributed by atoms with Crippen LogP contribution in [0.2, 0.25) is 0 Å². The van der Waals surface area contributed by atoms with Gasteiger partial charge in [-0.2, -0.15) is 0 Å². The molecule has 0 heterocycles. The minimum absolute atomic E-state index is 0.339. The maximum absolute atomic E-state index is 2.61. The summed E-state index contributed by atoms with van der Waals surface area (Å²) in [6, 6.07) is 30.9. The van der Waals surface area contributed by atoms with Gasteiger partial charge in [0.25, 0.3) is 0 Å². The third kappa shape index (κ3) is 5.99. The summed E-state index contributed by atoms with van der Waals surface area (Å²) in [4.78, 5) is 4.76. The molecule has 0 unspecified atom stereocenters. The second kappa shape index (κ2) is 11.0. The van der Waals surface area contributed by atoms with Crippen LogP contribution in [0.25, 0.3) is 0 Å². The van der Waals surface area contributed by atoms with Gasteiger partial charge in [0, 0.05) is 45.3 Å². The van der Waals surface area contributed by atoms with Gasteiger partial charge in [-0.15, -0.1) is 0 Å². The molecule has 0 aromatic heterocycles. The molecule has 0 bridgehead atoms. The fraction of sp³-hybridized carbons (Fsp3) is 0.267. The van der Waals surface area contributed by atoms with Crippen molar-refractivity contribution < 1.29 is 0 Å². The lowest BCUT2D eigenvalue weighted by atomic mass is 9.90. The van der Waals surface area contributed by atoms with Crippen LogP contribution in [-0.4, -0.2) is 32.1 Å². The summed E-state index contributed by atoms with van der Waals surface area (Å²) in [5.41, 5.74) is 6.78. The fourth-order valence-electron chi connectivity index (χ4n) is 4.42. The lowest BCUT2D eigenvalue weighted by Gasteiger charge is -2.29. The van der Waals surface area contributed by atoms with Gasteiger partial charge in [-0.3, -0.25) is 4.90 Å². The van der Waals surface area contributed by atoms with Gasteiger partial charge in [-0.25, -0.2) is 0 Å². The molecular formula is C30H34N2. The summed E-state index contributed by atoms with van der Waals surface area (Å²) in [5, 5.41) is 0. The van der Waals surface area contributed by atoms with Crippen LogP contribution in [0.1, 0.15) is 35.4 Å². The zero-order valence-electron chi connectivity index (χ0n) is 19.3. The normalized spacial score (nSPS) is 13.4. The molecule has 0 radical (unpaired) electrons. The van der Waals surface area contributed by atoms with Crippen molar-refractivity contribution in [2.75, 3.05) is 32.1 Å². The van der Waals surface area contributed by atoms with E-state index in [1.165, 1.54) is 28.0 Å². The van der Waals surface area contributed by atoms with Crippen molar-refractivity contribution in [2.45, 2.75) is 25.3 Å². The summed E-state index contributed by atoms with van der Waals surface area (Å²) in [5.74, 6) is 0.339. The lowest BCUT2D eigenvalue weighted by Crippen LogP contribution is -2.31. The second-order valence-electron chi connectivity index (χ2n) is 8.86. The quantitative estimate of drug-likeness (QED) is 0.380. The highest BCUT2D eigenvalue weighted by molar-refractivity contribution is 5.46. The summed E-state index contributed by atoms with van der Waals surface area (Å²) in [7, 11) is 4.18. The van der Waals surface area contributed by atoms with E-state index in [1.54, 1.807) is 0 Å². The second-order valence-corrected chi connectivity index (χ2v) is 8.86. The Morgan fingerprint density at radius 2 is 1.34 bits per heavy atom. The van der Waals surface area contributed by atoms with E-state index in [0.717, 1.165) is 32.5 Å². The van der Waals surface area contributed by atoms with Crippen LogP contribution in [0, 0.1) is 0 Å². The average Bonchev–Trinajstić information content (AvgIpc) is 2.84. The average molecular weight is 423 g/mol. The smallest absolute Gasteiger partial charge is 0.0361 e. The third-order valence-electron chi connectivity index (χ3n) is 6.18. The van der Waals surface area contributed by atoms with Crippen LogP contribution in [0.3, 0.4) is 0 Å². The molecule has 0 aliphatic heterocycles. The lowest BCUT2D eigenvalue weighted by molar-refractivity contribution is 0.280. The molecule has 0 saturated carbocycles. The van der Waals surface area contributed by atoms with Gasteiger partial charge in [0.1, 0.15) is 0 Å². The third-order valence-corrected chi connectivity index (χ3v) is 6.18. The Morgan fingerprint density at radius 1 is 0.719 bits per heavy atom. The van der Waals surface area contributed by atoms with Gasteiger partial charge in [0.2, 0.25) is 0 Å². The van der Waals surface area contributed by atoms with Crippen LogP contribution in [0.5, 0.6) is 0 Å². The molecular weight excluding hydrogens is 388 g/mol. The molecule has 0 amide bonds. The Balaban J connectivity index is 1.61. The van der Waals surface area contributed by atoms with Crippen molar-refractivity contribution in [3.8, 4) is 0 Å². The molecule has 32 heavy (non-hydrogen) atoms. The van der Waals surface area contributed by atoms with E-state index in [1.807, 2.05) is 0 Å². The molecule has 2 heteroatoms. The Bertz CT molecular complexity index is 978. The minimum Gasteiger partial charge on any atom is -0.378 e. The first kappa shape index (κ1) is 22.1. The Morgan fingerprint density at radius 3 is 1.88 bits per heavy atom. The zero-order chi connectivity index (χ0) is 22.2. The Hall–Kier alpha value is -3.10. The maximum Gasteiger partial charge on any atom is 0.0361 e. The largest absolute Gasteiger partial charge is 0.378 e. The molecule has 0 N–H and O–H groups in total. The first-order chi connectivity index (χ1) is 15.7. The molecule has 3 aromatic rings. The van der Waals surface area contributed by atoms with Crippen LogP contribution >= 0.6 is 0 Å². The van der Waals surface area contributed by atoms with Crippen molar-refractivity contribution in [3.63, 3.8) is 0 Å². The highest BCUT2D eigenvalue weighted by atomic mass is 15.1. The number of nitrogens with zero attached hydrogens (tertiary/aromatic N) is 2. The number of hydrogen-bond acceptors (Lipinski definition) is 2. The van der Waals surface area contributed by atoms with Crippen molar-refractivity contribution >= 4 is 5.69 Å². The Kier molecular flexibility index (Phi) is 7.58. The molecule has 0 spiro atoms. The summed E-state index contributed by atoms with van der Waals surface area (Å²) >= 11 is 0. The van der Waals surface area contributed by atoms with E-state index < -0.39 is 0 Å². The monoisotopic (exact) mass is 422 g/mol. The predicted molar refractivity (Wildman–Crippen MR) is 137 cm³/mol. The van der Waals surface area contributed by atoms with E-state index in [2.05, 4.69) is 127 Å². The summed E-state index contributed by atoms with van der Waals surface area (Å²) < 4.78 is 0. The van der Waals surface area contributed by atoms with E-state index in [9.17, 15) is 0 Å². The number of rotatable bonds is 9. The topological polar surface area (TPSA) is 6.48 Å². The number of benzene rings is 3. The first-order valence-electron chi connectivity index (χ1n) is 11.6. The number of hydrogen-bond donors (Lipinski definition) is 0. The van der Waals surface area contributed by atoms with Gasteiger partial charge in [0.05, 0.1) is 0 Å². The highest BCUT2D eigenvalue weighted by Gasteiger charge is 2.19. The van der Waals surface area contributed by atoms with Gasteiger partial charge in [-0.1, -0.05) is 91.0 Å². The molecule has 1 aliphatic carbocycles. The van der Waals surface area contributed by atoms with E-state index in [-0.39, 0.29) is 0 Å². The van der Waals surface area contributed by atoms with E-state index in [4.69, 9.17) is 0 Å². The number of anilines is 1. The van der Waals surface area contributed by atoms with E-state index >= 15 is 0 Å². The van der Waals surface area contributed by atoms with Gasteiger partial charge < -0.3 is 4.90 Å². The van der Waals surface area contributed by atoms with Crippen molar-refractivity contribution in [1.29, 1.82) is 0 Å². The van der Waals surface area contributed by atoms with Gasteiger partial charge in [-0.05, 0) is 47.2 Å². The molecule has 0 fully saturated rings. The molecule has 2 nitrogen and oxygen atoms in total. The van der Waals surface area contributed by atoms with Crippen molar-refractivity contribution in [2.24, 2.45) is 0 Å². The summed E-state index contributed by atoms with van der Waals surface area (Å²) in [6.07, 6.45) is 9.34. The SMILES string of the molecule is CN(C)c1ccc(CN(CC2=CCCC=C2)CC(c2ccccc2)c2ccccc2)cc1. The first-order valence-corrected chi connectivity index (χ1v) is 11.6. The predicted octanol–water partition coefficient (Wildman–Crippen LogP) is 6.66. The van der Waals surface area contributed by atoms with Crippen LogP contribution in [-0.2, 0) is 6.54 Å². The number of allylic oxidation sites excluding steroid dienone is 2. The van der Waals surface area contributed by atoms with Gasteiger partial charge in [0.15, 0.2) is 0 Å². The van der Waals surface area contributed by atoms with Gasteiger partial charge >= 0.3 is 0 Å². The summed E-state index contributed by atoms with van der Waals surface area (Å²) in [6.45, 7) is 2.89. The molecule has 164 valence electrons. The standard InChI is InChI=1S/C30H34N2/c1-31(2)29-20-18-26(19-21-29)23-32(22-25-12-6-3-7-13-25)24-30(27-14-8-4-9-15-27)28-16-10-5-11-17-28/h4-6,8-21,30H,3,7,22-24H2,1-2H3. The maximum atomic E-state index is 2.61. The Labute approximate surface area is 193 Å². The van der Waals surface area contributed by atoms with Crippen molar-refractivity contribution in [3.05, 3.63) is 125 Å². The minimum atomic E-state index is 0.339. The highest BCUT2D eigenvalue weighted by Crippen LogP contribution is 2.27. The molecule has 0 saturated heterocycles. The van der Waals surface area contributed by atoms with E-state index in [0.29, 0.717) is 5.92 Å².